The molecular formula is C13H17NO4. The molecule has 5 nitrogen and oxygen atoms in total. The zero-order valence-electron chi connectivity index (χ0n) is 10.4. The largest absolute Gasteiger partial charge is 0.497 e. The van der Waals surface area contributed by atoms with Crippen molar-refractivity contribution in [2.24, 2.45) is 0 Å². The molecule has 1 fully saturated rings. The van der Waals surface area contributed by atoms with Gasteiger partial charge >= 0.3 is 5.97 Å². The van der Waals surface area contributed by atoms with Gasteiger partial charge in [0.15, 0.2) is 0 Å². The van der Waals surface area contributed by atoms with Gasteiger partial charge in [0.1, 0.15) is 5.75 Å². The van der Waals surface area contributed by atoms with Crippen LogP contribution in [0.3, 0.4) is 0 Å². The third-order valence-electron chi connectivity index (χ3n) is 3.05. The number of carboxylic acids is 1. The Kier molecular flexibility index (Phi) is 4.17. The number of nitrogens with zero attached hydrogens (tertiary/aromatic N) is 1. The molecular weight excluding hydrogens is 234 g/mol. The van der Waals surface area contributed by atoms with Crippen molar-refractivity contribution in [1.29, 1.82) is 0 Å². The number of morpholine rings is 1. The number of aromatic carboxylic acids is 1. The number of hydrogen-bond donors (Lipinski definition) is 1. The summed E-state index contributed by atoms with van der Waals surface area (Å²) in [7, 11) is 1.53. The Morgan fingerprint density at radius 1 is 1.44 bits per heavy atom. The van der Waals surface area contributed by atoms with Crippen molar-refractivity contribution < 1.29 is 19.4 Å². The second-order valence-electron chi connectivity index (χ2n) is 4.22. The van der Waals surface area contributed by atoms with Gasteiger partial charge in [0, 0.05) is 19.6 Å². The normalized spacial score (nSPS) is 16.5. The third kappa shape index (κ3) is 3.00. The van der Waals surface area contributed by atoms with Crippen LogP contribution in [-0.4, -0.2) is 49.4 Å². The van der Waals surface area contributed by atoms with Crippen molar-refractivity contribution >= 4 is 5.97 Å². The van der Waals surface area contributed by atoms with Crippen molar-refractivity contribution in [1.82, 2.24) is 4.90 Å². The Morgan fingerprint density at radius 3 is 2.78 bits per heavy atom. The number of carboxylic acid groups (broad SMARTS) is 1. The Morgan fingerprint density at radius 2 is 2.17 bits per heavy atom. The van der Waals surface area contributed by atoms with Crippen LogP contribution in [0.15, 0.2) is 18.2 Å². The lowest BCUT2D eigenvalue weighted by atomic mass is 10.1. The summed E-state index contributed by atoms with van der Waals surface area (Å²) in [5, 5.41) is 9.22. The van der Waals surface area contributed by atoms with E-state index in [1.54, 1.807) is 12.1 Å². The highest BCUT2D eigenvalue weighted by molar-refractivity contribution is 5.89. The minimum atomic E-state index is -0.919. The number of methoxy groups -OCH3 is 1. The van der Waals surface area contributed by atoms with Crippen LogP contribution in [0.5, 0.6) is 5.75 Å². The molecule has 0 saturated carbocycles. The van der Waals surface area contributed by atoms with Crippen LogP contribution in [0, 0.1) is 0 Å². The highest BCUT2D eigenvalue weighted by Crippen LogP contribution is 2.19. The van der Waals surface area contributed by atoms with E-state index in [0.717, 1.165) is 18.7 Å². The van der Waals surface area contributed by atoms with Gasteiger partial charge in [-0.25, -0.2) is 4.79 Å². The molecule has 0 spiro atoms. The van der Waals surface area contributed by atoms with Gasteiger partial charge in [-0.1, -0.05) is 6.07 Å². The minimum Gasteiger partial charge on any atom is -0.497 e. The molecule has 98 valence electrons. The fourth-order valence-corrected chi connectivity index (χ4v) is 2.02. The van der Waals surface area contributed by atoms with Gasteiger partial charge in [0.05, 0.1) is 25.9 Å². The molecule has 5 heteroatoms. The van der Waals surface area contributed by atoms with Gasteiger partial charge in [0.25, 0.3) is 0 Å². The van der Waals surface area contributed by atoms with Gasteiger partial charge in [-0.3, -0.25) is 4.90 Å². The monoisotopic (exact) mass is 251 g/mol. The molecule has 0 amide bonds. The molecule has 2 rings (SSSR count). The Labute approximate surface area is 106 Å². The first kappa shape index (κ1) is 12.9. The van der Waals surface area contributed by atoms with Crippen molar-refractivity contribution in [2.45, 2.75) is 6.54 Å². The van der Waals surface area contributed by atoms with Gasteiger partial charge in [-0.15, -0.1) is 0 Å². The van der Waals surface area contributed by atoms with Crippen LogP contribution < -0.4 is 4.74 Å². The molecule has 0 atom stereocenters. The Bertz CT molecular complexity index is 427. The van der Waals surface area contributed by atoms with Gasteiger partial charge < -0.3 is 14.6 Å². The van der Waals surface area contributed by atoms with E-state index < -0.39 is 5.97 Å². The average Bonchev–Trinajstić information content (AvgIpc) is 2.40. The summed E-state index contributed by atoms with van der Waals surface area (Å²) in [6.45, 7) is 3.72. The van der Waals surface area contributed by atoms with Crippen LogP contribution in [0.4, 0.5) is 0 Å². The lowest BCUT2D eigenvalue weighted by molar-refractivity contribution is 0.0339. The molecule has 1 saturated heterocycles. The topological polar surface area (TPSA) is 59.0 Å². The summed E-state index contributed by atoms with van der Waals surface area (Å²) in [4.78, 5) is 13.4. The van der Waals surface area contributed by atoms with Crippen molar-refractivity contribution in [2.75, 3.05) is 33.4 Å². The molecule has 1 N–H and O–H groups in total. The second-order valence-corrected chi connectivity index (χ2v) is 4.22. The fraction of sp³-hybridized carbons (Fsp3) is 0.462. The van der Waals surface area contributed by atoms with Crippen LogP contribution >= 0.6 is 0 Å². The predicted molar refractivity (Wildman–Crippen MR) is 66.0 cm³/mol. The molecule has 1 aromatic rings. The molecule has 1 aliphatic heterocycles. The minimum absolute atomic E-state index is 0.306. The number of ether oxygens (including phenoxy) is 2. The van der Waals surface area contributed by atoms with Gasteiger partial charge in [-0.2, -0.15) is 0 Å². The second kappa shape index (κ2) is 5.84. The van der Waals surface area contributed by atoms with Crippen LogP contribution in [0.25, 0.3) is 0 Å². The molecule has 1 heterocycles. The zero-order valence-corrected chi connectivity index (χ0v) is 10.4. The van der Waals surface area contributed by atoms with E-state index in [1.165, 1.54) is 7.11 Å². The molecule has 0 radical (unpaired) electrons. The number of rotatable bonds is 4. The summed E-state index contributed by atoms with van der Waals surface area (Å²) in [6, 6.07) is 5.18. The Hall–Kier alpha value is -1.59. The Balaban J connectivity index is 2.17. The summed E-state index contributed by atoms with van der Waals surface area (Å²) < 4.78 is 10.3. The lowest BCUT2D eigenvalue weighted by Gasteiger charge is -2.27. The summed E-state index contributed by atoms with van der Waals surface area (Å²) in [5.74, 6) is -0.352. The standard InChI is InChI=1S/C13H17NO4/c1-17-11-3-2-10(12(8-11)13(15)16)9-14-4-6-18-7-5-14/h2-3,8H,4-7,9H2,1H3,(H,15,16). The van der Waals surface area contributed by atoms with Crippen LogP contribution in [0.1, 0.15) is 15.9 Å². The first-order valence-electron chi connectivity index (χ1n) is 5.91. The van der Waals surface area contributed by atoms with E-state index in [1.807, 2.05) is 6.07 Å². The number of benzene rings is 1. The van der Waals surface area contributed by atoms with E-state index in [9.17, 15) is 9.90 Å². The molecule has 0 unspecified atom stereocenters. The maximum absolute atomic E-state index is 11.2. The highest BCUT2D eigenvalue weighted by atomic mass is 16.5. The lowest BCUT2D eigenvalue weighted by Crippen LogP contribution is -2.36. The van der Waals surface area contributed by atoms with Crippen molar-refractivity contribution in [3.05, 3.63) is 29.3 Å². The highest BCUT2D eigenvalue weighted by Gasteiger charge is 2.16. The number of hydrogen-bond acceptors (Lipinski definition) is 4. The van der Waals surface area contributed by atoms with Crippen molar-refractivity contribution in [3.63, 3.8) is 0 Å². The first-order chi connectivity index (χ1) is 8.70. The van der Waals surface area contributed by atoms with Crippen LogP contribution in [-0.2, 0) is 11.3 Å². The molecule has 1 aromatic carbocycles. The molecule has 0 aromatic heterocycles. The first-order valence-corrected chi connectivity index (χ1v) is 5.91. The fourth-order valence-electron chi connectivity index (χ4n) is 2.02. The van der Waals surface area contributed by atoms with E-state index >= 15 is 0 Å². The number of carbonyl (C=O) groups is 1. The van der Waals surface area contributed by atoms with E-state index in [4.69, 9.17) is 9.47 Å². The van der Waals surface area contributed by atoms with E-state index in [0.29, 0.717) is 31.1 Å². The smallest absolute Gasteiger partial charge is 0.336 e. The molecule has 0 bridgehead atoms. The maximum atomic E-state index is 11.2. The molecule has 0 aliphatic carbocycles. The van der Waals surface area contributed by atoms with Crippen molar-refractivity contribution in [3.8, 4) is 5.75 Å². The summed E-state index contributed by atoms with van der Waals surface area (Å²) >= 11 is 0. The summed E-state index contributed by atoms with van der Waals surface area (Å²) in [6.07, 6.45) is 0. The van der Waals surface area contributed by atoms with Gasteiger partial charge in [0.2, 0.25) is 0 Å². The SMILES string of the molecule is COc1ccc(CN2CCOCC2)c(C(=O)O)c1. The zero-order chi connectivity index (χ0) is 13.0. The van der Waals surface area contributed by atoms with E-state index in [-0.39, 0.29) is 0 Å². The van der Waals surface area contributed by atoms with Gasteiger partial charge in [-0.05, 0) is 17.7 Å². The molecule has 18 heavy (non-hydrogen) atoms. The predicted octanol–water partition coefficient (Wildman–Crippen LogP) is 1.23. The average molecular weight is 251 g/mol. The van der Waals surface area contributed by atoms with Crippen LogP contribution in [0.2, 0.25) is 0 Å². The maximum Gasteiger partial charge on any atom is 0.336 e. The molecule has 1 aliphatic rings. The van der Waals surface area contributed by atoms with E-state index in [2.05, 4.69) is 4.90 Å². The third-order valence-corrected chi connectivity index (χ3v) is 3.05. The quantitative estimate of drug-likeness (QED) is 0.872. The summed E-state index contributed by atoms with van der Waals surface area (Å²) in [5.41, 5.74) is 1.12.